The normalized spacial score (nSPS) is 18.5. The average molecular weight is 290 g/mol. The lowest BCUT2D eigenvalue weighted by Crippen LogP contribution is -2.31. The standard InChI is InChI=1S/C17H26N2O2/c1-13(2)19-17(20)9-11-21-16-7-5-14(6-8-16)15-4-3-10-18-12-15/h5-8,13,15,18H,3-4,9-12H2,1-2H3,(H,19,20). The van der Waals surface area contributed by atoms with Crippen molar-refractivity contribution in [2.45, 2.75) is 45.1 Å². The molecule has 2 rings (SSSR count). The number of amides is 1. The Morgan fingerprint density at radius 1 is 1.38 bits per heavy atom. The molecule has 0 aromatic heterocycles. The van der Waals surface area contributed by atoms with Crippen LogP contribution in [0, 0.1) is 0 Å². The van der Waals surface area contributed by atoms with Gasteiger partial charge in [-0.05, 0) is 56.8 Å². The van der Waals surface area contributed by atoms with Crippen LogP contribution >= 0.6 is 0 Å². The summed E-state index contributed by atoms with van der Waals surface area (Å²) < 4.78 is 5.62. The van der Waals surface area contributed by atoms with Crippen LogP contribution in [-0.4, -0.2) is 31.6 Å². The number of benzene rings is 1. The molecule has 21 heavy (non-hydrogen) atoms. The molecule has 1 aliphatic heterocycles. The van der Waals surface area contributed by atoms with Crippen LogP contribution in [0.5, 0.6) is 5.75 Å². The number of carbonyl (C=O) groups excluding carboxylic acids is 1. The molecule has 0 aliphatic carbocycles. The van der Waals surface area contributed by atoms with Crippen molar-refractivity contribution in [1.82, 2.24) is 10.6 Å². The summed E-state index contributed by atoms with van der Waals surface area (Å²) in [5.74, 6) is 1.49. The number of ether oxygens (including phenoxy) is 1. The van der Waals surface area contributed by atoms with Crippen LogP contribution in [0.3, 0.4) is 0 Å². The molecule has 116 valence electrons. The van der Waals surface area contributed by atoms with Crippen LogP contribution in [0.2, 0.25) is 0 Å². The Hall–Kier alpha value is -1.55. The summed E-state index contributed by atoms with van der Waals surface area (Å²) in [6, 6.07) is 8.47. The molecule has 1 heterocycles. The zero-order chi connectivity index (χ0) is 15.1. The third-order valence-corrected chi connectivity index (χ3v) is 3.70. The molecule has 1 aliphatic rings. The first kappa shape index (κ1) is 15.8. The molecule has 1 atom stereocenters. The lowest BCUT2D eigenvalue weighted by molar-refractivity contribution is -0.122. The summed E-state index contributed by atoms with van der Waals surface area (Å²) in [6.45, 7) is 6.53. The first-order chi connectivity index (χ1) is 10.1. The molecule has 0 radical (unpaired) electrons. The van der Waals surface area contributed by atoms with E-state index in [1.165, 1.54) is 18.4 Å². The van der Waals surface area contributed by atoms with Crippen LogP contribution in [0.1, 0.15) is 44.6 Å². The van der Waals surface area contributed by atoms with Crippen LogP contribution in [-0.2, 0) is 4.79 Å². The van der Waals surface area contributed by atoms with Gasteiger partial charge in [-0.1, -0.05) is 12.1 Å². The highest BCUT2D eigenvalue weighted by molar-refractivity contribution is 5.76. The topological polar surface area (TPSA) is 50.4 Å². The molecule has 4 nitrogen and oxygen atoms in total. The smallest absolute Gasteiger partial charge is 0.223 e. The minimum atomic E-state index is 0.0369. The largest absolute Gasteiger partial charge is 0.493 e. The highest BCUT2D eigenvalue weighted by Gasteiger charge is 2.14. The molecule has 0 spiro atoms. The fourth-order valence-corrected chi connectivity index (χ4v) is 2.63. The number of hydrogen-bond donors (Lipinski definition) is 2. The summed E-state index contributed by atoms with van der Waals surface area (Å²) in [4.78, 5) is 11.5. The predicted octanol–water partition coefficient (Wildman–Crippen LogP) is 2.45. The van der Waals surface area contributed by atoms with E-state index in [9.17, 15) is 4.79 Å². The summed E-state index contributed by atoms with van der Waals surface area (Å²) in [5, 5.41) is 6.29. The monoisotopic (exact) mass is 290 g/mol. The Morgan fingerprint density at radius 2 is 2.14 bits per heavy atom. The van der Waals surface area contributed by atoms with E-state index in [4.69, 9.17) is 4.74 Å². The summed E-state index contributed by atoms with van der Waals surface area (Å²) in [5.41, 5.74) is 1.37. The fraction of sp³-hybridized carbons (Fsp3) is 0.588. The van der Waals surface area contributed by atoms with E-state index in [0.717, 1.165) is 18.8 Å². The summed E-state index contributed by atoms with van der Waals surface area (Å²) in [6.07, 6.45) is 2.89. The van der Waals surface area contributed by atoms with Crippen molar-refractivity contribution in [3.63, 3.8) is 0 Å². The van der Waals surface area contributed by atoms with Crippen molar-refractivity contribution in [3.8, 4) is 5.75 Å². The van der Waals surface area contributed by atoms with Gasteiger partial charge >= 0.3 is 0 Å². The van der Waals surface area contributed by atoms with Gasteiger partial charge in [-0.3, -0.25) is 4.79 Å². The van der Waals surface area contributed by atoms with Gasteiger partial charge in [0, 0.05) is 12.6 Å². The molecule has 1 fully saturated rings. The molecule has 1 aromatic carbocycles. The quantitative estimate of drug-likeness (QED) is 0.846. The van der Waals surface area contributed by atoms with Gasteiger partial charge in [0.2, 0.25) is 5.91 Å². The van der Waals surface area contributed by atoms with Gasteiger partial charge < -0.3 is 15.4 Å². The maximum atomic E-state index is 11.5. The summed E-state index contributed by atoms with van der Waals surface area (Å²) >= 11 is 0. The summed E-state index contributed by atoms with van der Waals surface area (Å²) in [7, 11) is 0. The number of hydrogen-bond acceptors (Lipinski definition) is 3. The van der Waals surface area contributed by atoms with Crippen LogP contribution in [0.15, 0.2) is 24.3 Å². The molecule has 4 heteroatoms. The second kappa shape index (κ2) is 8.03. The number of rotatable bonds is 6. The minimum absolute atomic E-state index is 0.0369. The zero-order valence-corrected chi connectivity index (χ0v) is 13.0. The Bertz CT molecular complexity index is 437. The second-order valence-corrected chi connectivity index (χ2v) is 5.93. The molecule has 0 bridgehead atoms. The molecule has 1 aromatic rings. The van der Waals surface area contributed by atoms with Gasteiger partial charge in [0.05, 0.1) is 13.0 Å². The first-order valence-electron chi connectivity index (χ1n) is 7.88. The van der Waals surface area contributed by atoms with Gasteiger partial charge in [0.25, 0.3) is 0 Å². The third-order valence-electron chi connectivity index (χ3n) is 3.70. The van der Waals surface area contributed by atoms with E-state index in [2.05, 4.69) is 22.8 Å². The van der Waals surface area contributed by atoms with Crippen LogP contribution in [0.4, 0.5) is 0 Å². The molecule has 2 N–H and O–H groups in total. The van der Waals surface area contributed by atoms with E-state index in [0.29, 0.717) is 18.9 Å². The number of carbonyl (C=O) groups is 1. The predicted molar refractivity (Wildman–Crippen MR) is 84.7 cm³/mol. The van der Waals surface area contributed by atoms with Gasteiger partial charge in [-0.15, -0.1) is 0 Å². The molecule has 0 saturated carbocycles. The van der Waals surface area contributed by atoms with Crippen molar-refractivity contribution in [1.29, 1.82) is 0 Å². The molecule has 1 amide bonds. The van der Waals surface area contributed by atoms with E-state index in [-0.39, 0.29) is 11.9 Å². The number of piperidine rings is 1. The molecular weight excluding hydrogens is 264 g/mol. The average Bonchev–Trinajstić information content (AvgIpc) is 2.48. The Labute approximate surface area is 127 Å². The van der Waals surface area contributed by atoms with Gasteiger partial charge in [-0.2, -0.15) is 0 Å². The SMILES string of the molecule is CC(C)NC(=O)CCOc1ccc(C2CCCNC2)cc1. The highest BCUT2D eigenvalue weighted by atomic mass is 16.5. The number of nitrogens with one attached hydrogen (secondary N) is 2. The lowest BCUT2D eigenvalue weighted by Gasteiger charge is -2.23. The molecule has 1 unspecified atom stereocenters. The Morgan fingerprint density at radius 3 is 2.76 bits per heavy atom. The van der Waals surface area contributed by atoms with E-state index >= 15 is 0 Å². The van der Waals surface area contributed by atoms with E-state index in [1.807, 2.05) is 26.0 Å². The van der Waals surface area contributed by atoms with Crippen molar-refractivity contribution >= 4 is 5.91 Å². The molecular formula is C17H26N2O2. The Balaban J connectivity index is 1.75. The van der Waals surface area contributed by atoms with Crippen molar-refractivity contribution in [2.75, 3.05) is 19.7 Å². The maximum absolute atomic E-state index is 11.5. The van der Waals surface area contributed by atoms with Gasteiger partial charge in [-0.25, -0.2) is 0 Å². The van der Waals surface area contributed by atoms with Crippen LogP contribution in [0.25, 0.3) is 0 Å². The van der Waals surface area contributed by atoms with Crippen LogP contribution < -0.4 is 15.4 Å². The van der Waals surface area contributed by atoms with Crippen molar-refractivity contribution in [2.24, 2.45) is 0 Å². The fourth-order valence-electron chi connectivity index (χ4n) is 2.63. The van der Waals surface area contributed by atoms with Crippen molar-refractivity contribution < 1.29 is 9.53 Å². The lowest BCUT2D eigenvalue weighted by atomic mass is 9.92. The van der Waals surface area contributed by atoms with Crippen molar-refractivity contribution in [3.05, 3.63) is 29.8 Å². The Kier molecular flexibility index (Phi) is 6.05. The zero-order valence-electron chi connectivity index (χ0n) is 13.0. The third kappa shape index (κ3) is 5.38. The second-order valence-electron chi connectivity index (χ2n) is 5.93. The maximum Gasteiger partial charge on any atom is 0.223 e. The minimum Gasteiger partial charge on any atom is -0.493 e. The van der Waals surface area contributed by atoms with E-state index < -0.39 is 0 Å². The van der Waals surface area contributed by atoms with E-state index in [1.54, 1.807) is 0 Å². The van der Waals surface area contributed by atoms with Gasteiger partial charge in [0.15, 0.2) is 0 Å². The first-order valence-corrected chi connectivity index (χ1v) is 7.88. The van der Waals surface area contributed by atoms with Gasteiger partial charge in [0.1, 0.15) is 5.75 Å². The molecule has 1 saturated heterocycles. The highest BCUT2D eigenvalue weighted by Crippen LogP contribution is 2.24.